The van der Waals surface area contributed by atoms with E-state index in [1.807, 2.05) is 0 Å². The molecule has 5 N–H and O–H groups in total. The largest absolute Gasteiger partial charge is 0.463 e. The van der Waals surface area contributed by atoms with Gasteiger partial charge in [0.15, 0.2) is 0 Å². The molecule has 0 spiro atoms. The molecule has 1 aromatic rings. The van der Waals surface area contributed by atoms with E-state index in [-0.39, 0.29) is 30.0 Å². The molecule has 1 aliphatic rings. The van der Waals surface area contributed by atoms with Crippen LogP contribution >= 0.6 is 0 Å². The summed E-state index contributed by atoms with van der Waals surface area (Å²) in [6.45, 7) is 3.14. The molecule has 1 aliphatic heterocycles. The fourth-order valence-electron chi connectivity index (χ4n) is 2.45. The number of hydrogen-bond acceptors (Lipinski definition) is 6. The molecule has 1 atom stereocenters. The molecule has 1 aromatic carbocycles. The third kappa shape index (κ3) is 5.21. The third-order valence-electron chi connectivity index (χ3n) is 3.60. The summed E-state index contributed by atoms with van der Waals surface area (Å²) in [5, 5.41) is 7.38. The maximum Gasteiger partial charge on any atom is 0.338 e. The van der Waals surface area contributed by atoms with E-state index in [4.69, 9.17) is 15.2 Å². The highest BCUT2D eigenvalue weighted by atomic mass is 16.5. The Morgan fingerprint density at radius 1 is 1.15 bits per heavy atom. The first-order valence-electron chi connectivity index (χ1n) is 8.13. The molecule has 0 fully saturated rings. The molecule has 10 heteroatoms. The van der Waals surface area contributed by atoms with Crippen LogP contribution < -0.4 is 21.7 Å². The third-order valence-corrected chi connectivity index (χ3v) is 3.60. The number of carbonyl (C=O) groups is 4. The maximum atomic E-state index is 12.2. The molecule has 0 bridgehead atoms. The van der Waals surface area contributed by atoms with Gasteiger partial charge in [0, 0.05) is 5.69 Å². The fourth-order valence-corrected chi connectivity index (χ4v) is 2.45. The van der Waals surface area contributed by atoms with Crippen molar-refractivity contribution in [1.29, 1.82) is 0 Å². The molecule has 0 aromatic heterocycles. The van der Waals surface area contributed by atoms with Gasteiger partial charge in [0.25, 0.3) is 0 Å². The summed E-state index contributed by atoms with van der Waals surface area (Å²) >= 11 is 0. The quantitative estimate of drug-likeness (QED) is 0.541. The van der Waals surface area contributed by atoms with Crippen molar-refractivity contribution in [2.45, 2.75) is 19.9 Å². The number of ether oxygens (including phenoxy) is 2. The van der Waals surface area contributed by atoms with E-state index in [1.54, 1.807) is 13.8 Å². The van der Waals surface area contributed by atoms with Crippen LogP contribution in [0, 0.1) is 0 Å². The van der Waals surface area contributed by atoms with Gasteiger partial charge in [-0.1, -0.05) is 0 Å². The Morgan fingerprint density at radius 3 is 2.41 bits per heavy atom. The van der Waals surface area contributed by atoms with E-state index in [9.17, 15) is 19.2 Å². The fraction of sp³-hybridized carbons (Fsp3) is 0.294. The Morgan fingerprint density at radius 2 is 1.81 bits per heavy atom. The molecule has 0 aliphatic carbocycles. The van der Waals surface area contributed by atoms with Gasteiger partial charge in [0.1, 0.15) is 6.61 Å². The monoisotopic (exact) mass is 376 g/mol. The summed E-state index contributed by atoms with van der Waals surface area (Å²) in [6, 6.07) is 4.03. The Kier molecular flexibility index (Phi) is 6.36. The lowest BCUT2D eigenvalue weighted by molar-refractivity contribution is -0.139. The lowest BCUT2D eigenvalue weighted by Crippen LogP contribution is -2.50. The van der Waals surface area contributed by atoms with Crippen LogP contribution in [-0.4, -0.2) is 43.3 Å². The van der Waals surface area contributed by atoms with Crippen LogP contribution in [0.1, 0.15) is 24.2 Å². The summed E-state index contributed by atoms with van der Waals surface area (Å²) in [7, 11) is 0. The van der Waals surface area contributed by atoms with Crippen molar-refractivity contribution in [3.8, 4) is 0 Å². The normalized spacial score (nSPS) is 16.1. The molecular weight excluding hydrogens is 356 g/mol. The Hall–Kier alpha value is -3.56. The van der Waals surface area contributed by atoms with Gasteiger partial charge >= 0.3 is 24.0 Å². The van der Waals surface area contributed by atoms with E-state index in [0.717, 1.165) is 0 Å². The van der Waals surface area contributed by atoms with Crippen molar-refractivity contribution in [1.82, 2.24) is 10.6 Å². The Balaban J connectivity index is 2.10. The lowest BCUT2D eigenvalue weighted by atomic mass is 10.0. The number of benzene rings is 1. The molecule has 10 nitrogen and oxygen atoms in total. The van der Waals surface area contributed by atoms with E-state index in [2.05, 4.69) is 16.0 Å². The minimum atomic E-state index is -0.723. The average Bonchev–Trinajstić information content (AvgIpc) is 2.59. The van der Waals surface area contributed by atoms with Crippen LogP contribution in [0.5, 0.6) is 0 Å². The number of primary amides is 1. The number of urea groups is 2. The van der Waals surface area contributed by atoms with E-state index in [0.29, 0.717) is 5.69 Å². The Bertz CT molecular complexity index is 787. The first-order chi connectivity index (χ1) is 12.8. The van der Waals surface area contributed by atoms with Crippen molar-refractivity contribution in [3.05, 3.63) is 41.1 Å². The maximum absolute atomic E-state index is 12.2. The van der Waals surface area contributed by atoms with Crippen molar-refractivity contribution in [2.75, 3.05) is 18.5 Å². The second-order valence-corrected chi connectivity index (χ2v) is 5.58. The summed E-state index contributed by atoms with van der Waals surface area (Å²) in [6.07, 6.45) is 0. The number of amides is 4. The van der Waals surface area contributed by atoms with Crippen LogP contribution in [0.15, 0.2) is 35.5 Å². The minimum Gasteiger partial charge on any atom is -0.463 e. The predicted molar refractivity (Wildman–Crippen MR) is 94.7 cm³/mol. The molecule has 1 heterocycles. The van der Waals surface area contributed by atoms with E-state index >= 15 is 0 Å². The minimum absolute atomic E-state index is 0.157. The Labute approximate surface area is 155 Å². The van der Waals surface area contributed by atoms with Crippen LogP contribution in [0.3, 0.4) is 0 Å². The standard InChI is InChI=1S/C17H20N4O6/c1-3-26-15(23)13-9(2)19-17(25)21-12(13)8-27-14(22)10-4-6-11(7-5-10)20-16(18)24/h4-7,9H,3,8H2,1-2H3,(H3,18,20,24)(H2,19,21,25). The zero-order chi connectivity index (χ0) is 20.0. The van der Waals surface area contributed by atoms with Gasteiger partial charge in [-0.2, -0.15) is 0 Å². The molecule has 0 saturated heterocycles. The number of hydrogen-bond donors (Lipinski definition) is 4. The topological polar surface area (TPSA) is 149 Å². The summed E-state index contributed by atoms with van der Waals surface area (Å²) in [5.74, 6) is -1.28. The highest BCUT2D eigenvalue weighted by molar-refractivity contribution is 5.95. The van der Waals surface area contributed by atoms with Crippen LogP contribution in [-0.2, 0) is 14.3 Å². The summed E-state index contributed by atoms with van der Waals surface area (Å²) in [4.78, 5) is 46.7. The zero-order valence-electron chi connectivity index (χ0n) is 14.8. The van der Waals surface area contributed by atoms with Crippen LogP contribution in [0.2, 0.25) is 0 Å². The molecule has 4 amide bonds. The number of rotatable bonds is 6. The number of anilines is 1. The lowest BCUT2D eigenvalue weighted by Gasteiger charge is -2.26. The van der Waals surface area contributed by atoms with Gasteiger partial charge in [0.05, 0.1) is 29.5 Å². The summed E-state index contributed by atoms with van der Waals surface area (Å²) < 4.78 is 10.2. The average molecular weight is 376 g/mol. The van der Waals surface area contributed by atoms with Gasteiger partial charge in [-0.3, -0.25) is 0 Å². The van der Waals surface area contributed by atoms with E-state index < -0.39 is 30.0 Å². The molecule has 144 valence electrons. The number of carbonyl (C=O) groups excluding carboxylic acids is 4. The van der Waals surface area contributed by atoms with Crippen LogP contribution in [0.25, 0.3) is 0 Å². The van der Waals surface area contributed by atoms with Crippen molar-refractivity contribution >= 4 is 29.7 Å². The molecule has 0 saturated carbocycles. The smallest absolute Gasteiger partial charge is 0.338 e. The summed E-state index contributed by atoms with van der Waals surface area (Å²) in [5.41, 5.74) is 5.99. The predicted octanol–water partition coefficient (Wildman–Crippen LogP) is 0.853. The number of nitrogens with one attached hydrogen (secondary N) is 3. The van der Waals surface area contributed by atoms with Gasteiger partial charge in [-0.25, -0.2) is 19.2 Å². The van der Waals surface area contributed by atoms with Gasteiger partial charge in [-0.15, -0.1) is 0 Å². The number of nitrogens with two attached hydrogens (primary N) is 1. The van der Waals surface area contributed by atoms with Gasteiger partial charge in [-0.05, 0) is 38.1 Å². The molecule has 0 radical (unpaired) electrons. The molecule has 2 rings (SSSR count). The zero-order valence-corrected chi connectivity index (χ0v) is 14.8. The highest BCUT2D eigenvalue weighted by Crippen LogP contribution is 2.16. The number of esters is 2. The van der Waals surface area contributed by atoms with Gasteiger partial charge in [0.2, 0.25) is 0 Å². The second-order valence-electron chi connectivity index (χ2n) is 5.58. The van der Waals surface area contributed by atoms with Gasteiger partial charge < -0.3 is 31.2 Å². The molecule has 27 heavy (non-hydrogen) atoms. The highest BCUT2D eigenvalue weighted by Gasteiger charge is 2.30. The van der Waals surface area contributed by atoms with Crippen molar-refractivity contribution in [2.24, 2.45) is 5.73 Å². The first-order valence-corrected chi connectivity index (χ1v) is 8.13. The van der Waals surface area contributed by atoms with Crippen LogP contribution in [0.4, 0.5) is 15.3 Å². The van der Waals surface area contributed by atoms with Crippen molar-refractivity contribution in [3.63, 3.8) is 0 Å². The molecule has 1 unspecified atom stereocenters. The molecular formula is C17H20N4O6. The first kappa shape index (κ1) is 19.8. The van der Waals surface area contributed by atoms with Crippen molar-refractivity contribution < 1.29 is 28.7 Å². The SMILES string of the molecule is CCOC(=O)C1=C(COC(=O)c2ccc(NC(N)=O)cc2)NC(=O)NC1C. The second kappa shape index (κ2) is 8.70. The van der Waals surface area contributed by atoms with E-state index in [1.165, 1.54) is 24.3 Å².